The van der Waals surface area contributed by atoms with Crippen LogP contribution in [0.4, 0.5) is 11.4 Å². The maximum atomic E-state index is 12.6. The summed E-state index contributed by atoms with van der Waals surface area (Å²) in [5, 5.41) is 2.91. The third-order valence-corrected chi connectivity index (χ3v) is 4.63. The third kappa shape index (κ3) is 4.48. The first kappa shape index (κ1) is 19.0. The zero-order chi connectivity index (χ0) is 19.6. The van der Waals surface area contributed by atoms with Crippen LogP contribution in [0.2, 0.25) is 0 Å². The highest BCUT2D eigenvalue weighted by atomic mass is 16.5. The number of hydrogen-bond acceptors (Lipinski definition) is 3. The molecule has 0 aliphatic carbocycles. The van der Waals surface area contributed by atoms with Gasteiger partial charge in [-0.25, -0.2) is 0 Å². The van der Waals surface area contributed by atoms with Gasteiger partial charge in [0, 0.05) is 24.3 Å². The van der Waals surface area contributed by atoms with E-state index in [1.807, 2.05) is 64.1 Å². The van der Waals surface area contributed by atoms with Crippen LogP contribution in [0, 0.1) is 19.8 Å². The molecule has 1 heterocycles. The zero-order valence-corrected chi connectivity index (χ0v) is 16.3. The first-order chi connectivity index (χ1) is 12.8. The molecule has 5 nitrogen and oxygen atoms in total. The van der Waals surface area contributed by atoms with Crippen molar-refractivity contribution in [1.82, 2.24) is 0 Å². The molecule has 27 heavy (non-hydrogen) atoms. The van der Waals surface area contributed by atoms with Gasteiger partial charge in [0.2, 0.25) is 11.8 Å². The maximum absolute atomic E-state index is 12.6. The molecule has 0 saturated carbocycles. The van der Waals surface area contributed by atoms with Crippen LogP contribution in [-0.2, 0) is 9.59 Å². The fourth-order valence-electron chi connectivity index (χ4n) is 3.36. The summed E-state index contributed by atoms with van der Waals surface area (Å²) >= 11 is 0. The molecule has 0 aromatic heterocycles. The second-order valence-electron chi connectivity index (χ2n) is 7.38. The molecular formula is C22H26N2O3. The molecule has 1 aliphatic rings. The summed E-state index contributed by atoms with van der Waals surface area (Å²) in [6.07, 6.45) is 0.333. The van der Waals surface area contributed by atoms with Crippen molar-refractivity contribution in [2.45, 2.75) is 40.2 Å². The average Bonchev–Trinajstić information content (AvgIpc) is 2.98. The smallest absolute Gasteiger partial charge is 0.229 e. The second-order valence-corrected chi connectivity index (χ2v) is 7.38. The van der Waals surface area contributed by atoms with Crippen molar-refractivity contribution in [1.29, 1.82) is 0 Å². The molecule has 1 saturated heterocycles. The normalized spacial score (nSPS) is 16.7. The quantitative estimate of drug-likeness (QED) is 0.867. The highest BCUT2D eigenvalue weighted by molar-refractivity contribution is 6.03. The molecule has 0 radical (unpaired) electrons. The number of carbonyl (C=O) groups is 2. The Hall–Kier alpha value is -2.82. The Morgan fingerprint density at radius 1 is 1.15 bits per heavy atom. The van der Waals surface area contributed by atoms with Crippen molar-refractivity contribution in [2.24, 2.45) is 5.92 Å². The number of ether oxygens (including phenoxy) is 1. The second kappa shape index (κ2) is 7.82. The molecule has 1 atom stereocenters. The molecule has 0 spiro atoms. The Kier molecular flexibility index (Phi) is 5.49. The molecule has 1 unspecified atom stereocenters. The molecule has 3 rings (SSSR count). The van der Waals surface area contributed by atoms with Gasteiger partial charge in [0.15, 0.2) is 0 Å². The molecule has 1 N–H and O–H groups in total. The van der Waals surface area contributed by atoms with Crippen LogP contribution in [0.1, 0.15) is 31.4 Å². The van der Waals surface area contributed by atoms with Gasteiger partial charge in [-0.2, -0.15) is 0 Å². The topological polar surface area (TPSA) is 58.6 Å². The molecule has 5 heteroatoms. The minimum atomic E-state index is -0.357. The standard InChI is InChI=1S/C22H26N2O3/c1-14(2)27-19-8-6-18(7-9-19)23-22(26)17-12-21(25)24(13-17)20-10-5-15(3)11-16(20)4/h5-11,14,17H,12-13H2,1-4H3,(H,23,26). The van der Waals surface area contributed by atoms with E-state index < -0.39 is 0 Å². The molecule has 2 aromatic carbocycles. The summed E-state index contributed by atoms with van der Waals surface area (Å²) in [4.78, 5) is 26.8. The number of aryl methyl sites for hydroxylation is 2. The summed E-state index contributed by atoms with van der Waals surface area (Å²) in [5.74, 6) is 0.265. The van der Waals surface area contributed by atoms with Gasteiger partial charge in [0.25, 0.3) is 0 Å². The van der Waals surface area contributed by atoms with E-state index >= 15 is 0 Å². The van der Waals surface area contributed by atoms with Gasteiger partial charge < -0.3 is 15.0 Å². The first-order valence-electron chi connectivity index (χ1n) is 9.28. The lowest BCUT2D eigenvalue weighted by Crippen LogP contribution is -2.28. The fourth-order valence-corrected chi connectivity index (χ4v) is 3.36. The summed E-state index contributed by atoms with van der Waals surface area (Å²) in [5.41, 5.74) is 3.79. The van der Waals surface area contributed by atoms with E-state index in [4.69, 9.17) is 4.74 Å². The number of amides is 2. The van der Waals surface area contributed by atoms with E-state index in [2.05, 4.69) is 11.4 Å². The van der Waals surface area contributed by atoms with Crippen LogP contribution >= 0.6 is 0 Å². The van der Waals surface area contributed by atoms with E-state index in [0.29, 0.717) is 12.2 Å². The molecule has 1 fully saturated rings. The number of rotatable bonds is 5. The zero-order valence-electron chi connectivity index (χ0n) is 16.3. The van der Waals surface area contributed by atoms with Gasteiger partial charge in [0.05, 0.1) is 12.0 Å². The average molecular weight is 366 g/mol. The monoisotopic (exact) mass is 366 g/mol. The van der Waals surface area contributed by atoms with Crippen LogP contribution in [0.3, 0.4) is 0 Å². The van der Waals surface area contributed by atoms with Crippen molar-refractivity contribution in [3.05, 3.63) is 53.6 Å². The summed E-state index contributed by atoms with van der Waals surface area (Å²) in [7, 11) is 0. The lowest BCUT2D eigenvalue weighted by atomic mass is 10.1. The molecule has 0 bridgehead atoms. The number of anilines is 2. The molecule has 2 amide bonds. The van der Waals surface area contributed by atoms with E-state index in [-0.39, 0.29) is 30.3 Å². The highest BCUT2D eigenvalue weighted by Crippen LogP contribution is 2.29. The number of nitrogens with one attached hydrogen (secondary N) is 1. The van der Waals surface area contributed by atoms with Crippen LogP contribution in [0.25, 0.3) is 0 Å². The predicted molar refractivity (Wildman–Crippen MR) is 107 cm³/mol. The van der Waals surface area contributed by atoms with Crippen molar-refractivity contribution in [3.63, 3.8) is 0 Å². The van der Waals surface area contributed by atoms with E-state index in [0.717, 1.165) is 22.6 Å². The van der Waals surface area contributed by atoms with Gasteiger partial charge in [-0.05, 0) is 63.6 Å². The largest absolute Gasteiger partial charge is 0.491 e. The van der Waals surface area contributed by atoms with E-state index in [1.165, 1.54) is 0 Å². The molecular weight excluding hydrogens is 340 g/mol. The fraction of sp³-hybridized carbons (Fsp3) is 0.364. The number of benzene rings is 2. The van der Waals surface area contributed by atoms with E-state index in [9.17, 15) is 9.59 Å². The molecule has 2 aromatic rings. The van der Waals surface area contributed by atoms with Gasteiger partial charge >= 0.3 is 0 Å². The lowest BCUT2D eigenvalue weighted by molar-refractivity contribution is -0.122. The van der Waals surface area contributed by atoms with Crippen LogP contribution in [0.15, 0.2) is 42.5 Å². The predicted octanol–water partition coefficient (Wildman–Crippen LogP) is 4.08. The van der Waals surface area contributed by atoms with Crippen LogP contribution in [-0.4, -0.2) is 24.5 Å². The summed E-state index contributed by atoms with van der Waals surface area (Å²) in [6.45, 7) is 8.35. The maximum Gasteiger partial charge on any atom is 0.229 e. The van der Waals surface area contributed by atoms with Crippen molar-refractivity contribution in [3.8, 4) is 5.75 Å². The highest BCUT2D eigenvalue weighted by Gasteiger charge is 2.35. The van der Waals surface area contributed by atoms with Gasteiger partial charge in [-0.15, -0.1) is 0 Å². The van der Waals surface area contributed by atoms with Crippen LogP contribution < -0.4 is 15.0 Å². The molecule has 1 aliphatic heterocycles. The van der Waals surface area contributed by atoms with E-state index in [1.54, 1.807) is 4.90 Å². The minimum absolute atomic E-state index is 0.0113. The van der Waals surface area contributed by atoms with Crippen LogP contribution in [0.5, 0.6) is 5.75 Å². The summed E-state index contributed by atoms with van der Waals surface area (Å²) in [6, 6.07) is 13.3. The number of nitrogens with zero attached hydrogens (tertiary/aromatic N) is 1. The Morgan fingerprint density at radius 2 is 1.85 bits per heavy atom. The van der Waals surface area contributed by atoms with Crippen molar-refractivity contribution >= 4 is 23.2 Å². The van der Waals surface area contributed by atoms with Gasteiger partial charge in [-0.1, -0.05) is 17.7 Å². The SMILES string of the molecule is Cc1ccc(N2CC(C(=O)Nc3ccc(OC(C)C)cc3)CC2=O)c(C)c1. The Labute approximate surface area is 160 Å². The molecule has 142 valence electrons. The first-order valence-corrected chi connectivity index (χ1v) is 9.28. The van der Waals surface area contributed by atoms with Gasteiger partial charge in [0.1, 0.15) is 5.75 Å². The Balaban J connectivity index is 1.65. The van der Waals surface area contributed by atoms with Crippen molar-refractivity contribution < 1.29 is 14.3 Å². The third-order valence-electron chi connectivity index (χ3n) is 4.63. The summed E-state index contributed by atoms with van der Waals surface area (Å²) < 4.78 is 5.61. The number of carbonyl (C=O) groups excluding carboxylic acids is 2. The Morgan fingerprint density at radius 3 is 2.48 bits per heavy atom. The Bertz CT molecular complexity index is 843. The lowest BCUT2D eigenvalue weighted by Gasteiger charge is -2.19. The minimum Gasteiger partial charge on any atom is -0.491 e. The van der Waals surface area contributed by atoms with Gasteiger partial charge in [-0.3, -0.25) is 9.59 Å². The van der Waals surface area contributed by atoms with Crippen molar-refractivity contribution in [2.75, 3.05) is 16.8 Å². The number of hydrogen-bond donors (Lipinski definition) is 1.